The summed E-state index contributed by atoms with van der Waals surface area (Å²) in [5, 5.41) is 0. The van der Waals surface area contributed by atoms with Crippen molar-refractivity contribution in [2.75, 3.05) is 5.75 Å². The summed E-state index contributed by atoms with van der Waals surface area (Å²) in [6.07, 6.45) is 3.96. The first-order valence-electron chi connectivity index (χ1n) is 4.02. The van der Waals surface area contributed by atoms with Crippen molar-refractivity contribution in [2.45, 2.75) is 37.9 Å². The van der Waals surface area contributed by atoms with Crippen molar-refractivity contribution in [1.29, 1.82) is 0 Å². The summed E-state index contributed by atoms with van der Waals surface area (Å²) in [6, 6.07) is 0. The molecule has 0 spiro atoms. The van der Waals surface area contributed by atoms with E-state index in [1.807, 2.05) is 23.5 Å². The molecular formula is C8H14S3. The third kappa shape index (κ3) is 2.96. The average Bonchev–Trinajstić information content (AvgIpc) is 2.28. The fourth-order valence-corrected chi connectivity index (χ4v) is 4.57. The van der Waals surface area contributed by atoms with Crippen LogP contribution in [-0.4, -0.2) is 14.0 Å². The molecular weight excluding hydrogens is 192 g/mol. The van der Waals surface area contributed by atoms with Gasteiger partial charge in [0, 0.05) is 10.5 Å². The summed E-state index contributed by atoms with van der Waals surface area (Å²) in [7, 11) is 0. The molecule has 0 aliphatic carbocycles. The standard InChI is InChI=1S/C8H14S3/c1-3-4-5-8(2)6-10-7(9)11-8/h3-6H2,1-2H3. The maximum absolute atomic E-state index is 5.14. The highest BCUT2D eigenvalue weighted by molar-refractivity contribution is 8.49. The molecule has 1 rings (SSSR count). The van der Waals surface area contributed by atoms with Gasteiger partial charge in [-0.3, -0.25) is 0 Å². The van der Waals surface area contributed by atoms with Gasteiger partial charge in [-0.15, -0.1) is 23.5 Å². The zero-order chi connectivity index (χ0) is 8.32. The molecule has 0 amide bonds. The maximum atomic E-state index is 5.14. The van der Waals surface area contributed by atoms with Gasteiger partial charge >= 0.3 is 0 Å². The molecule has 3 heteroatoms. The lowest BCUT2D eigenvalue weighted by atomic mass is 10.1. The molecule has 64 valence electrons. The van der Waals surface area contributed by atoms with Gasteiger partial charge < -0.3 is 0 Å². The predicted octanol–water partition coefficient (Wildman–Crippen LogP) is 3.70. The quantitative estimate of drug-likeness (QED) is 0.646. The molecule has 0 bridgehead atoms. The van der Waals surface area contributed by atoms with Gasteiger partial charge in [0.05, 0.1) is 0 Å². The van der Waals surface area contributed by atoms with Crippen molar-refractivity contribution in [1.82, 2.24) is 0 Å². The second-order valence-corrected chi connectivity index (χ2v) is 6.96. The predicted molar refractivity (Wildman–Crippen MR) is 60.6 cm³/mol. The van der Waals surface area contributed by atoms with E-state index in [1.54, 1.807) is 0 Å². The molecule has 0 radical (unpaired) electrons. The van der Waals surface area contributed by atoms with E-state index in [9.17, 15) is 0 Å². The number of rotatable bonds is 3. The maximum Gasteiger partial charge on any atom is 0.104 e. The van der Waals surface area contributed by atoms with E-state index in [-0.39, 0.29) is 0 Å². The first-order chi connectivity index (χ1) is 5.16. The van der Waals surface area contributed by atoms with E-state index < -0.39 is 0 Å². The van der Waals surface area contributed by atoms with E-state index in [4.69, 9.17) is 12.2 Å². The smallest absolute Gasteiger partial charge is 0.104 e. The van der Waals surface area contributed by atoms with Crippen LogP contribution in [0.3, 0.4) is 0 Å². The number of hydrogen-bond acceptors (Lipinski definition) is 3. The van der Waals surface area contributed by atoms with Crippen LogP contribution in [0.5, 0.6) is 0 Å². The van der Waals surface area contributed by atoms with Gasteiger partial charge in [0.1, 0.15) is 3.53 Å². The van der Waals surface area contributed by atoms with Gasteiger partial charge in [0.2, 0.25) is 0 Å². The Morgan fingerprint density at radius 2 is 2.36 bits per heavy atom. The lowest BCUT2D eigenvalue weighted by Crippen LogP contribution is -2.18. The minimum atomic E-state index is 0.456. The summed E-state index contributed by atoms with van der Waals surface area (Å²) < 4.78 is 1.60. The van der Waals surface area contributed by atoms with E-state index in [2.05, 4.69) is 13.8 Å². The average molecular weight is 206 g/mol. The molecule has 0 nitrogen and oxygen atoms in total. The summed E-state index contributed by atoms with van der Waals surface area (Å²) >= 11 is 8.90. The molecule has 0 N–H and O–H groups in total. The first-order valence-corrected chi connectivity index (χ1v) is 6.23. The van der Waals surface area contributed by atoms with Gasteiger partial charge in [-0.25, -0.2) is 0 Å². The van der Waals surface area contributed by atoms with Crippen molar-refractivity contribution >= 4 is 39.3 Å². The summed E-state index contributed by atoms with van der Waals surface area (Å²) in [5.41, 5.74) is 0. The molecule has 11 heavy (non-hydrogen) atoms. The molecule has 1 unspecified atom stereocenters. The molecule has 1 heterocycles. The van der Waals surface area contributed by atoms with Crippen LogP contribution < -0.4 is 0 Å². The van der Waals surface area contributed by atoms with Crippen LogP contribution in [0.1, 0.15) is 33.1 Å². The van der Waals surface area contributed by atoms with E-state index in [0.717, 1.165) is 3.53 Å². The molecule has 1 saturated heterocycles. The second-order valence-electron chi connectivity index (χ2n) is 3.19. The highest BCUT2D eigenvalue weighted by atomic mass is 32.2. The zero-order valence-electron chi connectivity index (χ0n) is 7.05. The van der Waals surface area contributed by atoms with Crippen molar-refractivity contribution in [2.24, 2.45) is 0 Å². The Balaban J connectivity index is 2.35. The van der Waals surface area contributed by atoms with E-state index in [0.29, 0.717) is 4.75 Å². The highest BCUT2D eigenvalue weighted by Gasteiger charge is 2.32. The van der Waals surface area contributed by atoms with E-state index >= 15 is 0 Å². The Morgan fingerprint density at radius 1 is 1.64 bits per heavy atom. The summed E-state index contributed by atoms with van der Waals surface area (Å²) in [6.45, 7) is 4.58. The molecule has 0 saturated carbocycles. The second kappa shape index (κ2) is 4.15. The Morgan fingerprint density at radius 3 is 2.82 bits per heavy atom. The number of thiocarbonyl (C=S) groups is 1. The lowest BCUT2D eigenvalue weighted by Gasteiger charge is -2.19. The van der Waals surface area contributed by atoms with Crippen LogP contribution in [0.25, 0.3) is 0 Å². The van der Waals surface area contributed by atoms with Crippen molar-refractivity contribution in [3.63, 3.8) is 0 Å². The Labute approximate surface area is 82.9 Å². The van der Waals surface area contributed by atoms with Crippen LogP contribution in [0, 0.1) is 0 Å². The highest BCUT2D eigenvalue weighted by Crippen LogP contribution is 2.44. The SMILES string of the molecule is CCCCC1(C)CSC(=S)S1. The van der Waals surface area contributed by atoms with Crippen molar-refractivity contribution in [3.05, 3.63) is 0 Å². The molecule has 1 atom stereocenters. The number of hydrogen-bond donors (Lipinski definition) is 0. The summed E-state index contributed by atoms with van der Waals surface area (Å²) in [5.74, 6) is 1.22. The zero-order valence-corrected chi connectivity index (χ0v) is 9.50. The van der Waals surface area contributed by atoms with Gasteiger partial charge in [0.15, 0.2) is 0 Å². The minimum absolute atomic E-state index is 0.456. The van der Waals surface area contributed by atoms with Gasteiger partial charge in [-0.05, 0) is 13.3 Å². The number of unbranched alkanes of at least 4 members (excludes halogenated alkanes) is 1. The Hall–Kier alpha value is 0.790. The van der Waals surface area contributed by atoms with Gasteiger partial charge in [-0.1, -0.05) is 32.0 Å². The Bertz CT molecular complexity index is 155. The molecule has 0 aromatic carbocycles. The monoisotopic (exact) mass is 206 g/mol. The first kappa shape index (κ1) is 9.87. The fraction of sp³-hybridized carbons (Fsp3) is 0.875. The van der Waals surface area contributed by atoms with Crippen molar-refractivity contribution in [3.8, 4) is 0 Å². The Kier molecular flexibility index (Phi) is 3.72. The molecule has 1 aliphatic rings. The normalized spacial score (nSPS) is 31.3. The van der Waals surface area contributed by atoms with Gasteiger partial charge in [-0.2, -0.15) is 0 Å². The van der Waals surface area contributed by atoms with Crippen LogP contribution in [0.15, 0.2) is 0 Å². The molecule has 0 aromatic heterocycles. The summed E-state index contributed by atoms with van der Waals surface area (Å²) in [4.78, 5) is 0. The van der Waals surface area contributed by atoms with Crippen LogP contribution >= 0.6 is 35.7 Å². The molecule has 1 fully saturated rings. The largest absolute Gasteiger partial charge is 0.106 e. The van der Waals surface area contributed by atoms with E-state index in [1.165, 1.54) is 25.0 Å². The minimum Gasteiger partial charge on any atom is -0.106 e. The molecule has 1 aliphatic heterocycles. The van der Waals surface area contributed by atoms with Gasteiger partial charge in [0.25, 0.3) is 0 Å². The third-order valence-electron chi connectivity index (χ3n) is 1.88. The van der Waals surface area contributed by atoms with Crippen molar-refractivity contribution < 1.29 is 0 Å². The lowest BCUT2D eigenvalue weighted by molar-refractivity contribution is 0.605. The third-order valence-corrected chi connectivity index (χ3v) is 5.30. The van der Waals surface area contributed by atoms with Crippen LogP contribution in [0.2, 0.25) is 0 Å². The molecule has 0 aromatic rings. The number of thioether (sulfide) groups is 2. The van der Waals surface area contributed by atoms with Crippen LogP contribution in [-0.2, 0) is 0 Å². The fourth-order valence-electron chi connectivity index (χ4n) is 1.15. The topological polar surface area (TPSA) is 0 Å². The van der Waals surface area contributed by atoms with Crippen LogP contribution in [0.4, 0.5) is 0 Å².